The number of ether oxygens (including phenoxy) is 1. The third-order valence-corrected chi connectivity index (χ3v) is 4.57. The number of thioether (sulfide) groups is 1. The molecule has 2 aromatic carbocycles. The zero-order valence-corrected chi connectivity index (χ0v) is 15.9. The number of benzene rings is 2. The van der Waals surface area contributed by atoms with Crippen LogP contribution in [-0.4, -0.2) is 22.1 Å². The third-order valence-electron chi connectivity index (χ3n) is 3.82. The zero-order valence-electron chi connectivity index (χ0n) is 15.1. The van der Waals surface area contributed by atoms with Crippen molar-refractivity contribution >= 4 is 11.8 Å². The monoisotopic (exact) mass is 388 g/mol. The van der Waals surface area contributed by atoms with Crippen LogP contribution in [0.2, 0.25) is 0 Å². The van der Waals surface area contributed by atoms with Gasteiger partial charge in [0.1, 0.15) is 17.3 Å². The maximum absolute atomic E-state index is 14.1. The Morgan fingerprint density at radius 2 is 1.81 bits per heavy atom. The number of aromatic nitrogens is 2. The van der Waals surface area contributed by atoms with Crippen LogP contribution in [0.3, 0.4) is 0 Å². The normalized spacial score (nSPS) is 11.0. The van der Waals surface area contributed by atoms with E-state index < -0.39 is 17.2 Å². The predicted molar refractivity (Wildman–Crippen MR) is 103 cm³/mol. The maximum atomic E-state index is 14.1. The molecule has 0 saturated carbocycles. The first-order valence-corrected chi connectivity index (χ1v) is 9.52. The van der Waals surface area contributed by atoms with E-state index in [-0.39, 0.29) is 17.5 Å². The van der Waals surface area contributed by atoms with Gasteiger partial charge in [0, 0.05) is 16.5 Å². The topological polar surface area (TPSA) is 44.1 Å². The summed E-state index contributed by atoms with van der Waals surface area (Å²) in [5.74, 6) is -1.37. The van der Waals surface area contributed by atoms with Gasteiger partial charge in [-0.2, -0.15) is 9.78 Å². The van der Waals surface area contributed by atoms with Gasteiger partial charge in [0.2, 0.25) is 0 Å². The lowest BCUT2D eigenvalue weighted by Crippen LogP contribution is -2.26. The minimum Gasteiger partial charge on any atom is -0.485 e. The summed E-state index contributed by atoms with van der Waals surface area (Å²) < 4.78 is 34.2. The first-order valence-electron chi connectivity index (χ1n) is 8.29. The van der Waals surface area contributed by atoms with Gasteiger partial charge in [-0.15, -0.1) is 11.8 Å². The summed E-state index contributed by atoms with van der Waals surface area (Å²) >= 11 is 1.60. The highest BCUT2D eigenvalue weighted by molar-refractivity contribution is 7.98. The lowest BCUT2D eigenvalue weighted by Gasteiger charge is -2.16. The van der Waals surface area contributed by atoms with Crippen LogP contribution in [0, 0.1) is 11.6 Å². The molecule has 3 aromatic rings. The Labute approximate surface area is 159 Å². The number of hydrogen-bond acceptors (Lipinski definition) is 4. The highest BCUT2D eigenvalue weighted by Gasteiger charge is 2.19. The molecule has 27 heavy (non-hydrogen) atoms. The SMILES string of the molecule is CSc1ccc(-c2cnn(-c3cc(F)ccc3F)c(=O)c2OC(C)C)cc1. The first kappa shape index (κ1) is 19.1. The third kappa shape index (κ3) is 4.03. The molecule has 0 aliphatic heterocycles. The van der Waals surface area contributed by atoms with Crippen molar-refractivity contribution in [1.29, 1.82) is 0 Å². The van der Waals surface area contributed by atoms with Crippen molar-refractivity contribution in [2.24, 2.45) is 0 Å². The van der Waals surface area contributed by atoms with Crippen LogP contribution in [0.1, 0.15) is 13.8 Å². The maximum Gasteiger partial charge on any atom is 0.314 e. The van der Waals surface area contributed by atoms with E-state index in [2.05, 4.69) is 5.10 Å². The van der Waals surface area contributed by atoms with Crippen LogP contribution in [0.4, 0.5) is 8.78 Å². The summed E-state index contributed by atoms with van der Waals surface area (Å²) in [7, 11) is 0. The van der Waals surface area contributed by atoms with Crippen LogP contribution >= 0.6 is 11.8 Å². The molecule has 0 N–H and O–H groups in total. The molecular weight excluding hydrogens is 370 g/mol. The second-order valence-electron chi connectivity index (χ2n) is 6.10. The Kier molecular flexibility index (Phi) is 5.60. The molecule has 1 heterocycles. The quantitative estimate of drug-likeness (QED) is 0.595. The van der Waals surface area contributed by atoms with Gasteiger partial charge in [-0.25, -0.2) is 8.78 Å². The van der Waals surface area contributed by atoms with Crippen molar-refractivity contribution in [2.45, 2.75) is 24.8 Å². The highest BCUT2D eigenvalue weighted by atomic mass is 32.2. The van der Waals surface area contributed by atoms with Crippen molar-refractivity contribution in [1.82, 2.24) is 9.78 Å². The first-order chi connectivity index (χ1) is 12.9. The van der Waals surface area contributed by atoms with E-state index >= 15 is 0 Å². The highest BCUT2D eigenvalue weighted by Crippen LogP contribution is 2.29. The van der Waals surface area contributed by atoms with Gasteiger partial charge >= 0.3 is 5.56 Å². The average molecular weight is 388 g/mol. The summed E-state index contributed by atoms with van der Waals surface area (Å²) in [5, 5.41) is 4.05. The van der Waals surface area contributed by atoms with Crippen molar-refractivity contribution in [3.8, 4) is 22.6 Å². The second-order valence-corrected chi connectivity index (χ2v) is 6.97. The van der Waals surface area contributed by atoms with E-state index in [1.807, 2.05) is 30.5 Å². The Hall–Kier alpha value is -2.67. The molecular formula is C20H18F2N2O2S. The molecule has 0 spiro atoms. The van der Waals surface area contributed by atoms with Crippen molar-refractivity contribution < 1.29 is 13.5 Å². The summed E-state index contributed by atoms with van der Waals surface area (Å²) in [6.45, 7) is 3.57. The number of halogens is 2. The van der Waals surface area contributed by atoms with Gasteiger partial charge in [-0.3, -0.25) is 4.79 Å². The molecule has 140 valence electrons. The van der Waals surface area contributed by atoms with Crippen molar-refractivity contribution in [3.05, 3.63) is 70.6 Å². The minimum atomic E-state index is -0.751. The molecule has 0 unspecified atom stereocenters. The largest absolute Gasteiger partial charge is 0.485 e. The van der Waals surface area contributed by atoms with Crippen LogP contribution in [0.15, 0.2) is 58.4 Å². The van der Waals surface area contributed by atoms with Gasteiger partial charge in [0.05, 0.1) is 12.3 Å². The fourth-order valence-electron chi connectivity index (χ4n) is 2.58. The summed E-state index contributed by atoms with van der Waals surface area (Å²) in [6.07, 6.45) is 3.12. The second kappa shape index (κ2) is 7.92. The number of nitrogens with zero attached hydrogens (tertiary/aromatic N) is 2. The van der Waals surface area contributed by atoms with Gasteiger partial charge in [-0.05, 0) is 49.9 Å². The van der Waals surface area contributed by atoms with Gasteiger partial charge < -0.3 is 4.74 Å². The minimum absolute atomic E-state index is 0.0422. The Balaban J connectivity index is 2.20. The zero-order chi connectivity index (χ0) is 19.6. The molecule has 1 aromatic heterocycles. The fraction of sp³-hybridized carbons (Fsp3) is 0.200. The van der Waals surface area contributed by atoms with Crippen LogP contribution in [0.5, 0.6) is 5.75 Å². The van der Waals surface area contributed by atoms with Gasteiger partial charge in [0.15, 0.2) is 5.75 Å². The summed E-state index contributed by atoms with van der Waals surface area (Å²) in [5.41, 5.74) is 0.326. The molecule has 7 heteroatoms. The van der Waals surface area contributed by atoms with Crippen molar-refractivity contribution in [2.75, 3.05) is 6.26 Å². The Morgan fingerprint density at radius 3 is 2.44 bits per heavy atom. The molecule has 0 radical (unpaired) electrons. The molecule has 0 fully saturated rings. The average Bonchev–Trinajstić information content (AvgIpc) is 2.65. The molecule has 4 nitrogen and oxygen atoms in total. The van der Waals surface area contributed by atoms with E-state index in [4.69, 9.17) is 4.74 Å². The molecule has 0 amide bonds. The molecule has 0 aliphatic carbocycles. The number of hydrogen-bond donors (Lipinski definition) is 0. The van der Waals surface area contributed by atoms with Gasteiger partial charge in [-0.1, -0.05) is 12.1 Å². The van der Waals surface area contributed by atoms with Crippen LogP contribution < -0.4 is 10.3 Å². The van der Waals surface area contributed by atoms with E-state index in [0.29, 0.717) is 5.56 Å². The Morgan fingerprint density at radius 1 is 1.11 bits per heavy atom. The Bertz CT molecular complexity index is 1020. The van der Waals surface area contributed by atoms with E-state index in [9.17, 15) is 13.6 Å². The molecule has 0 saturated heterocycles. The van der Waals surface area contributed by atoms with E-state index in [1.54, 1.807) is 25.6 Å². The number of rotatable bonds is 5. The molecule has 0 bridgehead atoms. The van der Waals surface area contributed by atoms with Gasteiger partial charge in [0.25, 0.3) is 0 Å². The van der Waals surface area contributed by atoms with E-state index in [1.165, 1.54) is 6.20 Å². The van der Waals surface area contributed by atoms with E-state index in [0.717, 1.165) is 33.3 Å². The molecule has 3 rings (SSSR count). The summed E-state index contributed by atoms with van der Waals surface area (Å²) in [6, 6.07) is 10.4. The fourth-order valence-corrected chi connectivity index (χ4v) is 2.99. The predicted octanol–water partition coefficient (Wildman–Crippen LogP) is 4.69. The van der Waals surface area contributed by atoms with Crippen molar-refractivity contribution in [3.63, 3.8) is 0 Å². The lowest BCUT2D eigenvalue weighted by molar-refractivity contribution is 0.238. The standard InChI is InChI=1S/C20H18F2N2O2S/c1-12(2)26-19-16(13-4-7-15(27-3)8-5-13)11-23-24(20(19)25)18-10-14(21)6-9-17(18)22/h4-12H,1-3H3. The smallest absolute Gasteiger partial charge is 0.314 e. The lowest BCUT2D eigenvalue weighted by atomic mass is 10.1. The van der Waals surface area contributed by atoms with Crippen LogP contribution in [-0.2, 0) is 0 Å². The van der Waals surface area contributed by atoms with Crippen LogP contribution in [0.25, 0.3) is 16.8 Å². The molecule has 0 aliphatic rings. The molecule has 0 atom stereocenters. The summed E-state index contributed by atoms with van der Waals surface area (Å²) in [4.78, 5) is 14.0.